The fourth-order valence-corrected chi connectivity index (χ4v) is 3.55. The highest BCUT2D eigenvalue weighted by atomic mass is 19.4. The van der Waals surface area contributed by atoms with Crippen molar-refractivity contribution in [1.82, 2.24) is 0 Å². The predicted molar refractivity (Wildman–Crippen MR) is 138 cm³/mol. The van der Waals surface area contributed by atoms with Crippen molar-refractivity contribution in [3.05, 3.63) is 83.1 Å². The Kier molecular flexibility index (Phi) is 8.90. The number of carbonyl (C=O) groups excluding carboxylic acids is 1. The lowest BCUT2D eigenvalue weighted by molar-refractivity contribution is -0.137. The van der Waals surface area contributed by atoms with Crippen molar-refractivity contribution in [2.75, 3.05) is 33.8 Å². The highest BCUT2D eigenvalue weighted by Crippen LogP contribution is 2.40. The molecule has 0 aliphatic heterocycles. The second-order valence-corrected chi connectivity index (χ2v) is 7.79. The van der Waals surface area contributed by atoms with Crippen molar-refractivity contribution in [3.8, 4) is 28.7 Å². The van der Waals surface area contributed by atoms with Crippen molar-refractivity contribution >= 4 is 23.6 Å². The second kappa shape index (κ2) is 12.1. The summed E-state index contributed by atoms with van der Waals surface area (Å²) in [5, 5.41) is 13.5. The number of benzene rings is 3. The maximum atomic E-state index is 12.8. The molecule has 200 valence electrons. The highest BCUT2D eigenvalue weighted by Gasteiger charge is 2.30. The highest BCUT2D eigenvalue weighted by molar-refractivity contribution is 6.04. The van der Waals surface area contributed by atoms with Crippen LogP contribution in [0.2, 0.25) is 0 Å². The first-order valence-corrected chi connectivity index (χ1v) is 11.2. The number of anilines is 1. The van der Waals surface area contributed by atoms with E-state index in [1.54, 1.807) is 36.4 Å². The molecule has 0 amide bonds. The van der Waals surface area contributed by atoms with Crippen molar-refractivity contribution in [3.63, 3.8) is 0 Å². The van der Waals surface area contributed by atoms with Crippen LogP contribution in [-0.4, -0.2) is 39.3 Å². The van der Waals surface area contributed by atoms with Gasteiger partial charge in [-0.1, -0.05) is 24.3 Å². The number of aromatic hydroxyl groups is 1. The topological polar surface area (TPSA) is 86.3 Å². The summed E-state index contributed by atoms with van der Waals surface area (Å²) in [4.78, 5) is 12.4. The molecule has 0 atom stereocenters. The first-order valence-electron chi connectivity index (χ1n) is 11.2. The minimum atomic E-state index is -4.49. The van der Waals surface area contributed by atoms with Crippen LogP contribution in [-0.2, 0) is 6.18 Å². The molecule has 7 nitrogen and oxygen atoms in total. The fourth-order valence-electron chi connectivity index (χ4n) is 3.55. The Morgan fingerprint density at radius 2 is 1.45 bits per heavy atom. The number of nitrogens with one attached hydrogen (secondary N) is 1. The lowest BCUT2D eigenvalue weighted by Gasteiger charge is -2.13. The Balaban J connectivity index is 1.88. The van der Waals surface area contributed by atoms with Gasteiger partial charge in [-0.15, -0.1) is 0 Å². The molecule has 38 heavy (non-hydrogen) atoms. The first-order chi connectivity index (χ1) is 18.1. The van der Waals surface area contributed by atoms with Gasteiger partial charge in [0, 0.05) is 23.4 Å². The maximum Gasteiger partial charge on any atom is 0.416 e. The molecular formula is C28H26F3NO6. The fraction of sp³-hybridized carbons (Fsp3) is 0.179. The lowest BCUT2D eigenvalue weighted by atomic mass is 10.1. The molecule has 0 bridgehead atoms. The summed E-state index contributed by atoms with van der Waals surface area (Å²) in [7, 11) is 5.91. The largest absolute Gasteiger partial charge is 0.503 e. The number of ketones is 1. The van der Waals surface area contributed by atoms with E-state index in [-0.39, 0.29) is 22.7 Å². The molecule has 0 aromatic heterocycles. The Morgan fingerprint density at radius 3 is 1.97 bits per heavy atom. The molecule has 3 aromatic carbocycles. The van der Waals surface area contributed by atoms with Crippen LogP contribution in [0.15, 0.2) is 60.8 Å². The van der Waals surface area contributed by atoms with Gasteiger partial charge < -0.3 is 29.4 Å². The number of alkyl halides is 3. The van der Waals surface area contributed by atoms with E-state index in [9.17, 15) is 23.1 Å². The predicted octanol–water partition coefficient (Wildman–Crippen LogP) is 6.42. The summed E-state index contributed by atoms with van der Waals surface area (Å²) in [6.07, 6.45) is 1.41. The van der Waals surface area contributed by atoms with Gasteiger partial charge in [0.15, 0.2) is 28.8 Å². The van der Waals surface area contributed by atoms with Crippen LogP contribution in [0.25, 0.3) is 12.2 Å². The number of halogens is 3. The smallest absolute Gasteiger partial charge is 0.416 e. The zero-order chi connectivity index (χ0) is 27.9. The summed E-state index contributed by atoms with van der Waals surface area (Å²) in [6, 6.07) is 10.7. The van der Waals surface area contributed by atoms with Crippen LogP contribution in [0.3, 0.4) is 0 Å². The van der Waals surface area contributed by atoms with Crippen molar-refractivity contribution in [1.29, 1.82) is 0 Å². The average molecular weight is 530 g/mol. The van der Waals surface area contributed by atoms with E-state index in [1.807, 2.05) is 0 Å². The van der Waals surface area contributed by atoms with Crippen molar-refractivity contribution in [2.45, 2.75) is 6.18 Å². The van der Waals surface area contributed by atoms with Gasteiger partial charge >= 0.3 is 6.18 Å². The van der Waals surface area contributed by atoms with Crippen LogP contribution >= 0.6 is 0 Å². The third kappa shape index (κ3) is 6.39. The SMILES string of the molecule is COc1ccc(/C=C\c2cc(OC)c(OC)c(OC)c2)c(N/C=C\C(=O)c2ccc(C(F)(F)F)cc2)c1O. The molecule has 0 saturated heterocycles. The number of phenols is 1. The third-order valence-corrected chi connectivity index (χ3v) is 5.49. The second-order valence-electron chi connectivity index (χ2n) is 7.79. The molecule has 2 N–H and O–H groups in total. The molecule has 0 aliphatic rings. The minimum Gasteiger partial charge on any atom is -0.503 e. The summed E-state index contributed by atoms with van der Waals surface area (Å²) in [6.45, 7) is 0. The number of phenolic OH excluding ortho intramolecular Hbond substituents is 1. The van der Waals surface area contributed by atoms with Crippen LogP contribution in [0, 0.1) is 0 Å². The molecule has 0 radical (unpaired) electrons. The standard InChI is InChI=1S/C28H26F3NO6/c1-35-22-12-9-19(6-5-17-15-23(36-2)27(38-4)24(16-17)37-3)25(26(22)34)32-14-13-21(33)18-7-10-20(11-8-18)28(29,30)31/h5-16,32,34H,1-4H3/b6-5-,14-13-. The molecule has 0 fully saturated rings. The zero-order valence-corrected chi connectivity index (χ0v) is 21.1. The van der Waals surface area contributed by atoms with Gasteiger partial charge in [-0.25, -0.2) is 0 Å². The summed E-state index contributed by atoms with van der Waals surface area (Å²) in [5.74, 6) is 0.841. The van der Waals surface area contributed by atoms with E-state index >= 15 is 0 Å². The average Bonchev–Trinajstić information content (AvgIpc) is 2.91. The number of hydrogen-bond donors (Lipinski definition) is 2. The van der Waals surface area contributed by atoms with Gasteiger partial charge in [-0.2, -0.15) is 13.2 Å². The number of ether oxygens (including phenoxy) is 4. The van der Waals surface area contributed by atoms with E-state index in [0.717, 1.165) is 30.3 Å². The molecule has 3 aromatic rings. The minimum absolute atomic E-state index is 0.0773. The Hall–Kier alpha value is -4.60. The van der Waals surface area contributed by atoms with E-state index < -0.39 is 17.5 Å². The Bertz CT molecular complexity index is 1320. The number of rotatable bonds is 10. The number of methoxy groups -OCH3 is 4. The molecule has 0 spiro atoms. The summed E-state index contributed by atoms with van der Waals surface area (Å²) >= 11 is 0. The van der Waals surface area contributed by atoms with Crippen LogP contribution < -0.4 is 24.3 Å². The van der Waals surface area contributed by atoms with Crippen molar-refractivity contribution < 1.29 is 42.0 Å². The van der Waals surface area contributed by atoms with E-state index in [0.29, 0.717) is 28.4 Å². The van der Waals surface area contributed by atoms with Crippen molar-refractivity contribution in [2.24, 2.45) is 0 Å². The van der Waals surface area contributed by atoms with E-state index in [1.165, 1.54) is 34.6 Å². The number of hydrogen-bond acceptors (Lipinski definition) is 7. The van der Waals surface area contributed by atoms with E-state index in [2.05, 4.69) is 5.32 Å². The lowest BCUT2D eigenvalue weighted by Crippen LogP contribution is -2.05. The first kappa shape index (κ1) is 28.0. The molecule has 0 unspecified atom stereocenters. The van der Waals surface area contributed by atoms with Gasteiger partial charge in [0.2, 0.25) is 5.75 Å². The van der Waals surface area contributed by atoms with Crippen LogP contribution in [0.1, 0.15) is 27.0 Å². The quantitative estimate of drug-likeness (QED) is 0.136. The van der Waals surface area contributed by atoms with Crippen LogP contribution in [0.5, 0.6) is 28.7 Å². The number of carbonyl (C=O) groups is 1. The summed E-state index contributed by atoms with van der Waals surface area (Å²) in [5.41, 5.74) is 0.733. The maximum absolute atomic E-state index is 12.8. The molecule has 10 heteroatoms. The Morgan fingerprint density at radius 1 is 0.842 bits per heavy atom. The number of allylic oxidation sites excluding steroid dienone is 1. The van der Waals surface area contributed by atoms with Gasteiger partial charge in [-0.05, 0) is 42.0 Å². The monoisotopic (exact) mass is 529 g/mol. The van der Waals surface area contributed by atoms with Gasteiger partial charge in [-0.3, -0.25) is 4.79 Å². The van der Waals surface area contributed by atoms with Gasteiger partial charge in [0.25, 0.3) is 0 Å². The third-order valence-electron chi connectivity index (χ3n) is 5.49. The molecule has 0 heterocycles. The van der Waals surface area contributed by atoms with Gasteiger partial charge in [0.1, 0.15) is 0 Å². The van der Waals surface area contributed by atoms with Gasteiger partial charge in [0.05, 0.1) is 39.7 Å². The molecule has 0 aliphatic carbocycles. The Labute approximate surface area is 217 Å². The normalized spacial score (nSPS) is 11.6. The molecule has 3 rings (SSSR count). The zero-order valence-electron chi connectivity index (χ0n) is 21.1. The summed E-state index contributed by atoms with van der Waals surface area (Å²) < 4.78 is 59.6. The van der Waals surface area contributed by atoms with Crippen LogP contribution in [0.4, 0.5) is 18.9 Å². The molecular weight excluding hydrogens is 503 g/mol. The van der Waals surface area contributed by atoms with E-state index in [4.69, 9.17) is 18.9 Å². The molecule has 0 saturated carbocycles.